The number of rotatable bonds is 5. The van der Waals surface area contributed by atoms with Crippen LogP contribution in [-0.4, -0.2) is 34.4 Å². The predicted octanol–water partition coefficient (Wildman–Crippen LogP) is 2.46. The first-order valence-corrected chi connectivity index (χ1v) is 7.53. The second-order valence-electron chi connectivity index (χ2n) is 5.72. The van der Waals surface area contributed by atoms with Crippen LogP contribution in [0.25, 0.3) is 0 Å². The predicted molar refractivity (Wildman–Crippen MR) is 80.0 cm³/mol. The lowest BCUT2D eigenvalue weighted by Crippen LogP contribution is -2.35. The second kappa shape index (κ2) is 6.03. The summed E-state index contributed by atoms with van der Waals surface area (Å²) in [6.45, 7) is 8.26. The van der Waals surface area contributed by atoms with Gasteiger partial charge in [0, 0.05) is 43.9 Å². The molecule has 0 radical (unpaired) electrons. The topological polar surface area (TPSA) is 43.4 Å². The summed E-state index contributed by atoms with van der Waals surface area (Å²) in [4.78, 5) is 2.41. The number of aromatic nitrogens is 2. The molecule has 5 heteroatoms. The summed E-state index contributed by atoms with van der Waals surface area (Å²) in [6, 6.07) is 4.08. The fourth-order valence-corrected chi connectivity index (χ4v) is 3.15. The molecule has 2 aromatic rings. The molecule has 0 aromatic carbocycles. The third kappa shape index (κ3) is 3.04. The van der Waals surface area contributed by atoms with Crippen LogP contribution in [0.2, 0.25) is 0 Å². The largest absolute Gasteiger partial charge is 0.465 e. The quantitative estimate of drug-likeness (QED) is 0.848. The van der Waals surface area contributed by atoms with Crippen LogP contribution in [0.15, 0.2) is 22.7 Å². The smallest absolute Gasteiger partial charge is 0.118 e. The standard InChI is InChI=1S/C16H23N3O2/c1-4-20-11-14-9-19(10-15-6-5-12(2)21-15)8-13-7-17-18(3)16(13)14/h5-7,14H,4,8-11H2,1-3H3/t14-/m0/s1. The lowest BCUT2D eigenvalue weighted by atomic mass is 9.97. The van der Waals surface area contributed by atoms with E-state index in [0.717, 1.165) is 44.4 Å². The molecule has 0 saturated carbocycles. The Kier molecular flexibility index (Phi) is 4.12. The van der Waals surface area contributed by atoms with E-state index in [1.807, 2.05) is 37.8 Å². The highest BCUT2D eigenvalue weighted by Crippen LogP contribution is 2.29. The zero-order valence-corrected chi connectivity index (χ0v) is 13.0. The molecule has 0 fully saturated rings. The normalized spacial score (nSPS) is 18.9. The molecule has 0 amide bonds. The molecule has 3 rings (SSSR count). The highest BCUT2D eigenvalue weighted by atomic mass is 16.5. The highest BCUT2D eigenvalue weighted by Gasteiger charge is 2.29. The van der Waals surface area contributed by atoms with Gasteiger partial charge >= 0.3 is 0 Å². The first-order valence-electron chi connectivity index (χ1n) is 7.53. The molecule has 0 aliphatic carbocycles. The summed E-state index contributed by atoms with van der Waals surface area (Å²) in [5.41, 5.74) is 2.62. The van der Waals surface area contributed by atoms with E-state index in [-0.39, 0.29) is 0 Å². The number of nitrogens with zero attached hydrogens (tertiary/aromatic N) is 3. The first-order chi connectivity index (χ1) is 10.2. The van der Waals surface area contributed by atoms with Crippen molar-refractivity contribution in [1.29, 1.82) is 0 Å². The molecule has 0 N–H and O–H groups in total. The number of furan rings is 1. The molecular weight excluding hydrogens is 266 g/mol. The number of hydrogen-bond donors (Lipinski definition) is 0. The molecule has 114 valence electrons. The second-order valence-corrected chi connectivity index (χ2v) is 5.72. The lowest BCUT2D eigenvalue weighted by Gasteiger charge is -2.32. The first kappa shape index (κ1) is 14.4. The molecule has 1 aliphatic rings. The Balaban J connectivity index is 1.76. The molecule has 3 heterocycles. The van der Waals surface area contributed by atoms with Gasteiger partial charge in [-0.15, -0.1) is 0 Å². The van der Waals surface area contributed by atoms with E-state index >= 15 is 0 Å². The van der Waals surface area contributed by atoms with E-state index in [4.69, 9.17) is 9.15 Å². The SMILES string of the molecule is CCOC[C@@H]1CN(Cc2ccc(C)o2)Cc2cnn(C)c21. The van der Waals surface area contributed by atoms with E-state index < -0.39 is 0 Å². The molecule has 5 nitrogen and oxygen atoms in total. The van der Waals surface area contributed by atoms with Crippen molar-refractivity contribution in [3.63, 3.8) is 0 Å². The van der Waals surface area contributed by atoms with Crippen LogP contribution in [0, 0.1) is 6.92 Å². The van der Waals surface area contributed by atoms with Gasteiger partial charge in [0.25, 0.3) is 0 Å². The van der Waals surface area contributed by atoms with Crippen LogP contribution in [0.4, 0.5) is 0 Å². The van der Waals surface area contributed by atoms with E-state index in [1.165, 1.54) is 11.3 Å². The lowest BCUT2D eigenvalue weighted by molar-refractivity contribution is 0.100. The van der Waals surface area contributed by atoms with Crippen molar-refractivity contribution >= 4 is 0 Å². The molecular formula is C16H23N3O2. The number of ether oxygens (including phenoxy) is 1. The molecule has 1 aliphatic heterocycles. The Morgan fingerprint density at radius 2 is 2.29 bits per heavy atom. The van der Waals surface area contributed by atoms with E-state index in [9.17, 15) is 0 Å². The van der Waals surface area contributed by atoms with Gasteiger partial charge in [0.1, 0.15) is 11.5 Å². The van der Waals surface area contributed by atoms with Gasteiger partial charge in [0.2, 0.25) is 0 Å². The van der Waals surface area contributed by atoms with Gasteiger partial charge in [-0.1, -0.05) is 0 Å². The van der Waals surface area contributed by atoms with Crippen LogP contribution in [0.1, 0.15) is 35.6 Å². The van der Waals surface area contributed by atoms with Gasteiger partial charge in [-0.2, -0.15) is 5.10 Å². The van der Waals surface area contributed by atoms with Gasteiger partial charge in [0.15, 0.2) is 0 Å². The fourth-order valence-electron chi connectivity index (χ4n) is 3.15. The minimum Gasteiger partial charge on any atom is -0.465 e. The van der Waals surface area contributed by atoms with Gasteiger partial charge in [-0.05, 0) is 26.0 Å². The third-order valence-electron chi connectivity index (χ3n) is 4.02. The van der Waals surface area contributed by atoms with Crippen molar-refractivity contribution < 1.29 is 9.15 Å². The number of fused-ring (bicyclic) bond motifs is 1. The average Bonchev–Trinajstić information content (AvgIpc) is 3.03. The summed E-state index contributed by atoms with van der Waals surface area (Å²) in [6.07, 6.45) is 1.98. The van der Waals surface area contributed by atoms with Crippen molar-refractivity contribution in [1.82, 2.24) is 14.7 Å². The van der Waals surface area contributed by atoms with Gasteiger partial charge in [0.05, 0.1) is 19.3 Å². The van der Waals surface area contributed by atoms with E-state index in [2.05, 4.69) is 16.1 Å². The number of hydrogen-bond acceptors (Lipinski definition) is 4. The molecule has 0 unspecified atom stereocenters. The molecule has 0 saturated heterocycles. The maximum Gasteiger partial charge on any atom is 0.118 e. The zero-order chi connectivity index (χ0) is 14.8. The zero-order valence-electron chi connectivity index (χ0n) is 13.0. The van der Waals surface area contributed by atoms with Crippen LogP contribution >= 0.6 is 0 Å². The minimum atomic E-state index is 0.372. The Morgan fingerprint density at radius 3 is 3.00 bits per heavy atom. The van der Waals surface area contributed by atoms with Crippen molar-refractivity contribution in [2.75, 3.05) is 19.8 Å². The van der Waals surface area contributed by atoms with Gasteiger partial charge in [-0.3, -0.25) is 9.58 Å². The molecule has 0 spiro atoms. The molecule has 2 aromatic heterocycles. The summed E-state index contributed by atoms with van der Waals surface area (Å²) in [5.74, 6) is 2.36. The van der Waals surface area contributed by atoms with Crippen molar-refractivity contribution in [2.45, 2.75) is 32.9 Å². The molecule has 1 atom stereocenters. The Hall–Kier alpha value is -1.59. The van der Waals surface area contributed by atoms with Crippen LogP contribution in [-0.2, 0) is 24.9 Å². The highest BCUT2D eigenvalue weighted by molar-refractivity contribution is 5.25. The van der Waals surface area contributed by atoms with Crippen LogP contribution in [0.5, 0.6) is 0 Å². The summed E-state index contributed by atoms with van der Waals surface area (Å²) >= 11 is 0. The minimum absolute atomic E-state index is 0.372. The maximum atomic E-state index is 5.70. The average molecular weight is 289 g/mol. The maximum absolute atomic E-state index is 5.70. The molecule has 21 heavy (non-hydrogen) atoms. The van der Waals surface area contributed by atoms with Gasteiger partial charge in [-0.25, -0.2) is 0 Å². The van der Waals surface area contributed by atoms with Crippen LogP contribution < -0.4 is 0 Å². The summed E-state index contributed by atoms with van der Waals surface area (Å²) in [7, 11) is 2.02. The van der Waals surface area contributed by atoms with Crippen molar-refractivity contribution in [3.05, 3.63) is 41.1 Å². The van der Waals surface area contributed by atoms with E-state index in [0.29, 0.717) is 5.92 Å². The van der Waals surface area contributed by atoms with E-state index in [1.54, 1.807) is 0 Å². The van der Waals surface area contributed by atoms with Crippen molar-refractivity contribution in [2.24, 2.45) is 7.05 Å². The molecule has 0 bridgehead atoms. The fraction of sp³-hybridized carbons (Fsp3) is 0.562. The number of aryl methyl sites for hydroxylation is 2. The Bertz CT molecular complexity index is 602. The summed E-state index contributed by atoms with van der Waals surface area (Å²) in [5, 5.41) is 4.41. The Labute approximate surface area is 125 Å². The Morgan fingerprint density at radius 1 is 1.43 bits per heavy atom. The van der Waals surface area contributed by atoms with Crippen molar-refractivity contribution in [3.8, 4) is 0 Å². The van der Waals surface area contributed by atoms with Crippen LogP contribution in [0.3, 0.4) is 0 Å². The third-order valence-corrected chi connectivity index (χ3v) is 4.02. The van der Waals surface area contributed by atoms with Gasteiger partial charge < -0.3 is 9.15 Å². The monoisotopic (exact) mass is 289 g/mol. The summed E-state index contributed by atoms with van der Waals surface area (Å²) < 4.78 is 13.4.